The SMILES string of the molecule is CCCCOc1ccc(/C=C2/SC(N3C[C@H](C)O[C@@H](C)C3)=NC2=O)cc1. The van der Waals surface area contributed by atoms with Crippen molar-refractivity contribution in [2.24, 2.45) is 4.99 Å². The van der Waals surface area contributed by atoms with Crippen LogP contribution >= 0.6 is 11.8 Å². The van der Waals surface area contributed by atoms with E-state index < -0.39 is 0 Å². The lowest BCUT2D eigenvalue weighted by atomic mass is 10.2. The van der Waals surface area contributed by atoms with E-state index in [2.05, 4.69) is 16.8 Å². The number of benzene rings is 1. The van der Waals surface area contributed by atoms with Crippen molar-refractivity contribution in [3.05, 3.63) is 34.7 Å². The maximum Gasteiger partial charge on any atom is 0.286 e. The van der Waals surface area contributed by atoms with Crippen molar-refractivity contribution >= 4 is 28.9 Å². The average Bonchev–Trinajstić information content (AvgIpc) is 2.97. The lowest BCUT2D eigenvalue weighted by Gasteiger charge is -2.35. The number of thioether (sulfide) groups is 1. The number of carbonyl (C=O) groups excluding carboxylic acids is 1. The van der Waals surface area contributed by atoms with Crippen molar-refractivity contribution in [3.8, 4) is 5.75 Å². The van der Waals surface area contributed by atoms with E-state index in [0.717, 1.165) is 49.0 Å². The second-order valence-electron chi connectivity index (χ2n) is 6.74. The molecule has 2 atom stereocenters. The van der Waals surface area contributed by atoms with E-state index in [4.69, 9.17) is 9.47 Å². The van der Waals surface area contributed by atoms with Crippen LogP contribution in [0.15, 0.2) is 34.2 Å². The molecule has 1 aromatic rings. The molecule has 1 amide bonds. The third-order valence-electron chi connectivity index (χ3n) is 4.24. The quantitative estimate of drug-likeness (QED) is 0.577. The molecule has 0 saturated carbocycles. The van der Waals surface area contributed by atoms with Crippen LogP contribution in [0.2, 0.25) is 0 Å². The number of hydrogen-bond donors (Lipinski definition) is 0. The molecule has 3 rings (SSSR count). The number of morpholine rings is 1. The second kappa shape index (κ2) is 8.73. The fourth-order valence-electron chi connectivity index (χ4n) is 3.01. The Morgan fingerprint density at radius 1 is 1.27 bits per heavy atom. The second-order valence-corrected chi connectivity index (χ2v) is 7.75. The summed E-state index contributed by atoms with van der Waals surface area (Å²) in [5, 5.41) is 0.780. The number of hydrogen-bond acceptors (Lipinski definition) is 5. The highest BCUT2D eigenvalue weighted by molar-refractivity contribution is 8.18. The largest absolute Gasteiger partial charge is 0.494 e. The molecule has 2 heterocycles. The summed E-state index contributed by atoms with van der Waals surface area (Å²) >= 11 is 1.45. The molecule has 0 aromatic heterocycles. The van der Waals surface area contributed by atoms with Crippen LogP contribution in [0.1, 0.15) is 39.2 Å². The Balaban J connectivity index is 1.63. The maximum atomic E-state index is 12.3. The van der Waals surface area contributed by atoms with Crippen LogP contribution in [0.25, 0.3) is 6.08 Å². The van der Waals surface area contributed by atoms with E-state index >= 15 is 0 Å². The van der Waals surface area contributed by atoms with Gasteiger partial charge in [0.25, 0.3) is 5.91 Å². The van der Waals surface area contributed by atoms with E-state index in [1.54, 1.807) is 0 Å². The zero-order valence-electron chi connectivity index (χ0n) is 15.6. The third-order valence-corrected chi connectivity index (χ3v) is 5.29. The molecule has 5 nitrogen and oxygen atoms in total. The molecular formula is C20H26N2O3S. The summed E-state index contributed by atoms with van der Waals surface area (Å²) in [7, 11) is 0. The molecule has 2 aliphatic heterocycles. The standard InChI is InChI=1S/C20H26N2O3S/c1-4-5-10-24-17-8-6-16(7-9-17)11-18-19(23)21-20(26-18)22-12-14(2)25-15(3)13-22/h6-9,11,14-15H,4-5,10,12-13H2,1-3H3/b18-11+/t14-,15-/m0/s1. The van der Waals surface area contributed by atoms with Gasteiger partial charge in [0.05, 0.1) is 23.7 Å². The molecule has 140 valence electrons. The van der Waals surface area contributed by atoms with Gasteiger partial charge in [-0.05, 0) is 55.8 Å². The monoisotopic (exact) mass is 374 g/mol. The van der Waals surface area contributed by atoms with Crippen LogP contribution < -0.4 is 4.74 Å². The molecule has 0 N–H and O–H groups in total. The van der Waals surface area contributed by atoms with Gasteiger partial charge in [-0.15, -0.1) is 0 Å². The third kappa shape index (κ3) is 4.89. The summed E-state index contributed by atoms with van der Waals surface area (Å²) in [6, 6.07) is 7.83. The number of aliphatic imine (C=N–C) groups is 1. The normalized spacial score (nSPS) is 24.9. The van der Waals surface area contributed by atoms with Crippen LogP contribution in [-0.2, 0) is 9.53 Å². The number of ether oxygens (including phenoxy) is 2. The highest BCUT2D eigenvalue weighted by Gasteiger charge is 2.30. The highest BCUT2D eigenvalue weighted by atomic mass is 32.2. The summed E-state index contributed by atoms with van der Waals surface area (Å²) in [6.07, 6.45) is 4.35. The predicted molar refractivity (Wildman–Crippen MR) is 106 cm³/mol. The smallest absolute Gasteiger partial charge is 0.286 e. The number of amidine groups is 1. The number of unbranched alkanes of at least 4 members (excludes halogenated alkanes) is 1. The minimum Gasteiger partial charge on any atom is -0.494 e. The van der Waals surface area contributed by atoms with Crippen LogP contribution in [0.3, 0.4) is 0 Å². The van der Waals surface area contributed by atoms with E-state index in [9.17, 15) is 4.79 Å². The molecule has 1 fully saturated rings. The van der Waals surface area contributed by atoms with Gasteiger partial charge in [-0.25, -0.2) is 0 Å². The highest BCUT2D eigenvalue weighted by Crippen LogP contribution is 2.31. The first-order valence-electron chi connectivity index (χ1n) is 9.21. The Morgan fingerprint density at radius 2 is 1.96 bits per heavy atom. The topological polar surface area (TPSA) is 51.1 Å². The first-order chi connectivity index (χ1) is 12.5. The molecule has 0 aliphatic carbocycles. The minimum atomic E-state index is -0.167. The van der Waals surface area contributed by atoms with Gasteiger partial charge >= 0.3 is 0 Å². The van der Waals surface area contributed by atoms with E-state index in [-0.39, 0.29) is 18.1 Å². The number of rotatable bonds is 5. The lowest BCUT2D eigenvalue weighted by Crippen LogP contribution is -2.47. The van der Waals surface area contributed by atoms with Crippen LogP contribution in [-0.4, -0.2) is 47.9 Å². The van der Waals surface area contributed by atoms with Gasteiger partial charge in [-0.3, -0.25) is 4.79 Å². The molecule has 0 unspecified atom stereocenters. The van der Waals surface area contributed by atoms with Gasteiger partial charge in [-0.2, -0.15) is 4.99 Å². The predicted octanol–water partition coefficient (Wildman–Crippen LogP) is 3.95. The van der Waals surface area contributed by atoms with Crippen molar-refractivity contribution in [3.63, 3.8) is 0 Å². The maximum absolute atomic E-state index is 12.3. The Kier molecular flexibility index (Phi) is 6.38. The van der Waals surface area contributed by atoms with Crippen molar-refractivity contribution in [1.29, 1.82) is 0 Å². The summed E-state index contributed by atoms with van der Waals surface area (Å²) in [4.78, 5) is 19.3. The fourth-order valence-corrected chi connectivity index (χ4v) is 3.94. The van der Waals surface area contributed by atoms with Gasteiger partial charge in [0, 0.05) is 13.1 Å². The fraction of sp³-hybridized carbons (Fsp3) is 0.500. The summed E-state index contributed by atoms with van der Waals surface area (Å²) in [5.41, 5.74) is 0.976. The molecule has 0 bridgehead atoms. The molecule has 1 saturated heterocycles. The first-order valence-corrected chi connectivity index (χ1v) is 10.0. The number of amides is 1. The van der Waals surface area contributed by atoms with Crippen molar-refractivity contribution in [2.75, 3.05) is 19.7 Å². The van der Waals surface area contributed by atoms with Crippen molar-refractivity contribution in [1.82, 2.24) is 4.90 Å². The first kappa shape index (κ1) is 19.0. The summed E-state index contributed by atoms with van der Waals surface area (Å²) in [5.74, 6) is 0.694. The zero-order valence-corrected chi connectivity index (χ0v) is 16.4. The molecule has 6 heteroatoms. The summed E-state index contributed by atoms with van der Waals surface area (Å²) in [6.45, 7) is 8.50. The molecular weight excluding hydrogens is 348 g/mol. The van der Waals surface area contributed by atoms with Crippen LogP contribution in [0, 0.1) is 0 Å². The lowest BCUT2D eigenvalue weighted by molar-refractivity contribution is -0.113. The van der Waals surface area contributed by atoms with Gasteiger partial charge in [0.15, 0.2) is 5.17 Å². The average molecular weight is 375 g/mol. The molecule has 26 heavy (non-hydrogen) atoms. The van der Waals surface area contributed by atoms with Gasteiger partial charge < -0.3 is 14.4 Å². The van der Waals surface area contributed by atoms with E-state index in [1.807, 2.05) is 44.2 Å². The van der Waals surface area contributed by atoms with Gasteiger partial charge in [0.2, 0.25) is 0 Å². The van der Waals surface area contributed by atoms with Crippen LogP contribution in [0.5, 0.6) is 5.75 Å². The Labute approximate surface area is 159 Å². The van der Waals surface area contributed by atoms with Gasteiger partial charge in [0.1, 0.15) is 5.75 Å². The molecule has 0 spiro atoms. The van der Waals surface area contributed by atoms with Gasteiger partial charge in [-0.1, -0.05) is 25.5 Å². The van der Waals surface area contributed by atoms with E-state index in [0.29, 0.717) is 4.91 Å². The Hall–Kier alpha value is -1.79. The molecule has 0 radical (unpaired) electrons. The van der Waals surface area contributed by atoms with Crippen molar-refractivity contribution in [2.45, 2.75) is 45.8 Å². The number of carbonyl (C=O) groups is 1. The minimum absolute atomic E-state index is 0.144. The molecule has 1 aromatic carbocycles. The Morgan fingerprint density at radius 3 is 2.62 bits per heavy atom. The zero-order chi connectivity index (χ0) is 18.5. The molecule has 2 aliphatic rings. The number of nitrogens with zero attached hydrogens (tertiary/aromatic N) is 2. The van der Waals surface area contributed by atoms with E-state index in [1.165, 1.54) is 11.8 Å². The van der Waals surface area contributed by atoms with Crippen molar-refractivity contribution < 1.29 is 14.3 Å². The Bertz CT molecular complexity index is 690. The van der Waals surface area contributed by atoms with Crippen LogP contribution in [0.4, 0.5) is 0 Å². The summed E-state index contributed by atoms with van der Waals surface area (Å²) < 4.78 is 11.4.